The first-order valence-corrected chi connectivity index (χ1v) is 13.8. The Balaban J connectivity index is 0.961. The van der Waals surface area contributed by atoms with E-state index in [4.69, 9.17) is 9.57 Å². The van der Waals surface area contributed by atoms with Crippen LogP contribution in [0.1, 0.15) is 63.4 Å². The summed E-state index contributed by atoms with van der Waals surface area (Å²) in [6, 6.07) is 22.6. The average Bonchev–Trinajstić information content (AvgIpc) is 3.42. The van der Waals surface area contributed by atoms with E-state index in [9.17, 15) is 19.2 Å². The summed E-state index contributed by atoms with van der Waals surface area (Å²) in [7, 11) is 0. The summed E-state index contributed by atoms with van der Waals surface area (Å²) in [5.41, 5.74) is 4.37. The number of carbonyl (C=O) groups excluding carboxylic acids is 4. The zero-order valence-corrected chi connectivity index (χ0v) is 21.6. The second kappa shape index (κ2) is 8.27. The molecule has 3 aromatic rings. The van der Waals surface area contributed by atoms with E-state index in [1.165, 1.54) is 11.1 Å². The fourth-order valence-electron chi connectivity index (χ4n) is 7.70. The minimum Gasteiger partial charge on any atom is -0.448 e. The van der Waals surface area contributed by atoms with E-state index in [0.717, 1.165) is 24.0 Å². The Morgan fingerprint density at radius 2 is 1.35 bits per heavy atom. The van der Waals surface area contributed by atoms with E-state index >= 15 is 0 Å². The largest absolute Gasteiger partial charge is 0.448 e. The molecule has 1 saturated carbocycles. The van der Waals surface area contributed by atoms with Gasteiger partial charge in [-0.25, -0.2) is 9.59 Å². The Labute approximate surface area is 230 Å². The third-order valence-corrected chi connectivity index (χ3v) is 9.63. The zero-order valence-electron chi connectivity index (χ0n) is 21.6. The van der Waals surface area contributed by atoms with Crippen LogP contribution >= 0.6 is 0 Å². The first-order chi connectivity index (χ1) is 19.5. The molecular weight excluding hydrogens is 508 g/mol. The van der Waals surface area contributed by atoms with Gasteiger partial charge in [-0.15, -0.1) is 0 Å². The van der Waals surface area contributed by atoms with E-state index in [1.54, 1.807) is 24.3 Å². The second-order valence-corrected chi connectivity index (χ2v) is 11.5. The second-order valence-electron chi connectivity index (χ2n) is 11.5. The third-order valence-electron chi connectivity index (χ3n) is 9.63. The van der Waals surface area contributed by atoms with Crippen LogP contribution in [0.4, 0.5) is 4.79 Å². The molecule has 3 aliphatic heterocycles. The lowest BCUT2D eigenvalue weighted by Gasteiger charge is -2.37. The first kappa shape index (κ1) is 23.4. The van der Waals surface area contributed by atoms with Gasteiger partial charge >= 0.3 is 12.1 Å². The molecule has 3 fully saturated rings. The van der Waals surface area contributed by atoms with Gasteiger partial charge in [0.05, 0.1) is 16.5 Å². The van der Waals surface area contributed by atoms with Gasteiger partial charge < -0.3 is 14.5 Å². The van der Waals surface area contributed by atoms with Crippen molar-refractivity contribution in [3.05, 3.63) is 95.1 Å². The summed E-state index contributed by atoms with van der Waals surface area (Å²) in [6.07, 6.45) is 2.25. The number of piperidine rings is 1. The fourth-order valence-corrected chi connectivity index (χ4v) is 7.70. The molecule has 40 heavy (non-hydrogen) atoms. The molecule has 8 heteroatoms. The van der Waals surface area contributed by atoms with Gasteiger partial charge in [-0.05, 0) is 66.0 Å². The molecule has 3 heterocycles. The molecule has 4 atom stereocenters. The van der Waals surface area contributed by atoms with Gasteiger partial charge in [0.1, 0.15) is 6.61 Å². The van der Waals surface area contributed by atoms with Crippen molar-refractivity contribution in [3.63, 3.8) is 0 Å². The van der Waals surface area contributed by atoms with Crippen LogP contribution in [0, 0.1) is 11.3 Å². The standard InChI is InChI=1S/C32H26N2O6/c35-28-23-11-5-6-12-24(23)29(36)34(28)40-30(37)32-15-18-13-14-27(26(32)16-32)33(18)31(38)39-17-25-21-9-3-1-7-19(21)20-8-2-4-10-22(20)25/h1-12,18,25-27H,13-17H2/t18-,26+,27+,32-/m1/s1. The van der Waals surface area contributed by atoms with E-state index in [1.807, 2.05) is 29.2 Å². The highest BCUT2D eigenvalue weighted by molar-refractivity contribution is 6.21. The average molecular weight is 535 g/mol. The fraction of sp³-hybridized carbons (Fsp3) is 0.312. The predicted octanol–water partition coefficient (Wildman–Crippen LogP) is 4.93. The highest BCUT2D eigenvalue weighted by Gasteiger charge is 2.71. The quantitative estimate of drug-likeness (QED) is 0.441. The molecule has 0 radical (unpaired) electrons. The smallest absolute Gasteiger partial charge is 0.410 e. The number of hydrogen-bond donors (Lipinski definition) is 0. The van der Waals surface area contributed by atoms with Gasteiger partial charge in [0.2, 0.25) is 0 Å². The number of hydroxylamine groups is 2. The monoisotopic (exact) mass is 534 g/mol. The van der Waals surface area contributed by atoms with Crippen LogP contribution in [0.3, 0.4) is 0 Å². The summed E-state index contributed by atoms with van der Waals surface area (Å²) in [6.45, 7) is 0.250. The van der Waals surface area contributed by atoms with Crippen molar-refractivity contribution in [2.75, 3.05) is 6.61 Å². The summed E-state index contributed by atoms with van der Waals surface area (Å²) < 4.78 is 5.97. The molecule has 0 spiro atoms. The minimum atomic E-state index is -0.777. The Morgan fingerprint density at radius 1 is 0.775 bits per heavy atom. The molecule has 0 aromatic heterocycles. The van der Waals surface area contributed by atoms with Crippen LogP contribution in [0.5, 0.6) is 0 Å². The van der Waals surface area contributed by atoms with Gasteiger partial charge in [0, 0.05) is 18.0 Å². The highest BCUT2D eigenvalue weighted by atomic mass is 16.7. The number of carbonyl (C=O) groups is 4. The predicted molar refractivity (Wildman–Crippen MR) is 142 cm³/mol. The summed E-state index contributed by atoms with van der Waals surface area (Å²) >= 11 is 0. The van der Waals surface area contributed by atoms with Crippen molar-refractivity contribution in [3.8, 4) is 11.1 Å². The first-order valence-electron chi connectivity index (χ1n) is 13.8. The van der Waals surface area contributed by atoms with Crippen molar-refractivity contribution < 1.29 is 28.8 Å². The summed E-state index contributed by atoms with van der Waals surface area (Å²) in [4.78, 5) is 59.6. The van der Waals surface area contributed by atoms with E-state index < -0.39 is 23.2 Å². The zero-order chi connectivity index (χ0) is 27.2. The lowest BCUT2D eigenvalue weighted by Crippen LogP contribution is -2.50. The van der Waals surface area contributed by atoms with Crippen LogP contribution in [0.2, 0.25) is 0 Å². The maximum Gasteiger partial charge on any atom is 0.410 e. The minimum absolute atomic E-state index is 0.0200. The van der Waals surface area contributed by atoms with Crippen LogP contribution < -0.4 is 0 Å². The van der Waals surface area contributed by atoms with Crippen molar-refractivity contribution in [2.24, 2.45) is 11.3 Å². The normalized spacial score (nSPS) is 27.1. The summed E-state index contributed by atoms with van der Waals surface area (Å²) in [5, 5.41) is 0.594. The lowest BCUT2D eigenvalue weighted by atomic mass is 9.90. The van der Waals surface area contributed by atoms with Crippen LogP contribution in [-0.2, 0) is 14.4 Å². The topological polar surface area (TPSA) is 93.2 Å². The van der Waals surface area contributed by atoms with Crippen LogP contribution in [-0.4, -0.2) is 52.5 Å². The van der Waals surface area contributed by atoms with Gasteiger partial charge in [-0.3, -0.25) is 9.59 Å². The SMILES string of the molecule is O=C1c2ccccc2C(=O)N1OC(=O)[C@@]12C[C@H]3CC[C@@H]([C@@H]1C2)N3C(=O)OCC1c2ccccc2-c2ccccc21. The number of amides is 3. The summed E-state index contributed by atoms with van der Waals surface area (Å²) in [5.74, 6) is -1.90. The Bertz CT molecular complexity index is 1550. The van der Waals surface area contributed by atoms with Gasteiger partial charge in [-0.1, -0.05) is 65.7 Å². The molecule has 3 amide bonds. The number of nitrogens with zero attached hydrogens (tertiary/aromatic N) is 2. The molecule has 200 valence electrons. The maximum absolute atomic E-state index is 13.5. The molecule has 5 aliphatic rings. The van der Waals surface area contributed by atoms with Crippen molar-refractivity contribution >= 4 is 23.9 Å². The van der Waals surface area contributed by atoms with E-state index in [2.05, 4.69) is 24.3 Å². The Hall–Kier alpha value is -4.46. The maximum atomic E-state index is 13.5. The molecule has 8 nitrogen and oxygen atoms in total. The van der Waals surface area contributed by atoms with Crippen LogP contribution in [0.25, 0.3) is 11.1 Å². The van der Waals surface area contributed by atoms with Gasteiger partial charge in [0.15, 0.2) is 0 Å². The van der Waals surface area contributed by atoms with E-state index in [0.29, 0.717) is 17.9 Å². The number of benzene rings is 3. The van der Waals surface area contributed by atoms with Crippen molar-refractivity contribution in [2.45, 2.75) is 43.7 Å². The Morgan fingerprint density at radius 3 is 1.98 bits per heavy atom. The Kier molecular flexibility index (Phi) is 4.84. The molecular formula is C32H26N2O6. The number of rotatable bonds is 4. The third kappa shape index (κ3) is 3.13. The molecule has 3 aromatic carbocycles. The van der Waals surface area contributed by atoms with Crippen molar-refractivity contribution in [1.82, 2.24) is 9.96 Å². The van der Waals surface area contributed by atoms with E-state index in [-0.39, 0.29) is 47.7 Å². The molecule has 0 N–H and O–H groups in total. The molecule has 0 unspecified atom stereocenters. The number of hydrogen-bond acceptors (Lipinski definition) is 6. The molecule has 2 saturated heterocycles. The highest BCUT2D eigenvalue weighted by Crippen LogP contribution is 2.66. The molecule has 2 aliphatic carbocycles. The molecule has 2 bridgehead atoms. The van der Waals surface area contributed by atoms with Crippen LogP contribution in [0.15, 0.2) is 72.8 Å². The van der Waals surface area contributed by atoms with Gasteiger partial charge in [-0.2, -0.15) is 0 Å². The lowest BCUT2D eigenvalue weighted by molar-refractivity contribution is -0.178. The molecule has 8 rings (SSSR count). The van der Waals surface area contributed by atoms with Crippen molar-refractivity contribution in [1.29, 1.82) is 0 Å². The number of imide groups is 1. The number of fused-ring (bicyclic) bond motifs is 8. The van der Waals surface area contributed by atoms with Gasteiger partial charge in [0.25, 0.3) is 11.8 Å². The number of ether oxygens (including phenoxy) is 1.